The Morgan fingerprint density at radius 3 is 2.77 bits per heavy atom. The molecule has 0 saturated heterocycles. The van der Waals surface area contributed by atoms with Gasteiger partial charge in [-0.25, -0.2) is 9.97 Å². The number of pyridine rings is 1. The number of nitrogens with one attached hydrogen (secondary N) is 1. The summed E-state index contributed by atoms with van der Waals surface area (Å²) in [6.45, 7) is 6.63. The predicted molar refractivity (Wildman–Crippen MR) is 102 cm³/mol. The summed E-state index contributed by atoms with van der Waals surface area (Å²) in [5.74, 6) is 1.56. The van der Waals surface area contributed by atoms with E-state index in [4.69, 9.17) is 0 Å². The molecule has 136 valence electrons. The number of hydrogen-bond donors (Lipinski definition) is 1. The fourth-order valence-corrected chi connectivity index (χ4v) is 2.70. The van der Waals surface area contributed by atoms with Crippen LogP contribution in [-0.2, 0) is 6.54 Å². The summed E-state index contributed by atoms with van der Waals surface area (Å²) < 4.78 is 1.82. The monoisotopic (exact) mass is 351 g/mol. The Hall–Kier alpha value is -2.80. The molecule has 0 aromatic carbocycles. The summed E-state index contributed by atoms with van der Waals surface area (Å²) >= 11 is 0. The summed E-state index contributed by atoms with van der Waals surface area (Å²) in [6, 6.07) is 8.11. The van der Waals surface area contributed by atoms with Crippen LogP contribution in [0.4, 0.5) is 5.82 Å². The zero-order chi connectivity index (χ0) is 18.4. The number of aryl methyl sites for hydroxylation is 2. The lowest BCUT2D eigenvalue weighted by molar-refractivity contribution is 0.635. The first-order chi connectivity index (χ1) is 12.6. The molecule has 0 fully saturated rings. The van der Waals surface area contributed by atoms with E-state index >= 15 is 0 Å². The van der Waals surface area contributed by atoms with E-state index < -0.39 is 0 Å². The van der Waals surface area contributed by atoms with Crippen molar-refractivity contribution in [1.29, 1.82) is 0 Å². The maximum absolute atomic E-state index is 4.64. The number of anilines is 1. The minimum Gasteiger partial charge on any atom is -0.359 e. The van der Waals surface area contributed by atoms with E-state index in [2.05, 4.69) is 37.2 Å². The lowest BCUT2D eigenvalue weighted by Gasteiger charge is -2.19. The van der Waals surface area contributed by atoms with Gasteiger partial charge in [-0.3, -0.25) is 9.55 Å². The second kappa shape index (κ2) is 8.53. The molecule has 0 aliphatic rings. The molecule has 0 aliphatic heterocycles. The molecular weight excluding hydrogens is 326 g/mol. The quantitative estimate of drug-likeness (QED) is 0.628. The molecule has 1 N–H and O–H groups in total. The van der Waals surface area contributed by atoms with Gasteiger partial charge in [0.05, 0.1) is 5.69 Å². The van der Waals surface area contributed by atoms with Crippen molar-refractivity contribution in [2.24, 2.45) is 0 Å². The molecule has 3 rings (SSSR count). The van der Waals surface area contributed by atoms with Gasteiger partial charge in [-0.05, 0) is 38.9 Å². The van der Waals surface area contributed by atoms with Crippen molar-refractivity contribution in [3.63, 3.8) is 0 Å². The Kier molecular flexibility index (Phi) is 5.91. The first-order valence-electron chi connectivity index (χ1n) is 8.80. The van der Waals surface area contributed by atoms with Gasteiger partial charge in [0, 0.05) is 50.0 Å². The smallest absolute Gasteiger partial charge is 0.237 e. The lowest BCUT2D eigenvalue weighted by Crippen LogP contribution is -2.25. The van der Waals surface area contributed by atoms with Gasteiger partial charge in [-0.1, -0.05) is 6.07 Å². The molecule has 0 saturated carbocycles. The van der Waals surface area contributed by atoms with E-state index in [1.807, 2.05) is 48.9 Å². The molecule has 0 unspecified atom stereocenters. The van der Waals surface area contributed by atoms with Crippen molar-refractivity contribution in [2.75, 3.05) is 25.0 Å². The molecule has 0 bridgehead atoms. The zero-order valence-electron chi connectivity index (χ0n) is 15.6. The minimum absolute atomic E-state index is 0.646. The van der Waals surface area contributed by atoms with E-state index in [0.29, 0.717) is 5.95 Å². The second-order valence-electron chi connectivity index (χ2n) is 6.36. The van der Waals surface area contributed by atoms with Gasteiger partial charge in [-0.15, -0.1) is 0 Å². The normalized spacial score (nSPS) is 10.9. The van der Waals surface area contributed by atoms with Crippen LogP contribution in [0.2, 0.25) is 0 Å². The van der Waals surface area contributed by atoms with Gasteiger partial charge < -0.3 is 10.2 Å². The third kappa shape index (κ3) is 4.86. The third-order valence-corrected chi connectivity index (χ3v) is 4.05. The molecule has 3 aromatic rings. The van der Waals surface area contributed by atoms with E-state index in [1.165, 1.54) is 0 Å². The minimum atomic E-state index is 0.646. The van der Waals surface area contributed by atoms with Crippen LogP contribution in [0.3, 0.4) is 0 Å². The number of rotatable bonds is 8. The number of hydrogen-bond acceptors (Lipinski definition) is 6. The highest BCUT2D eigenvalue weighted by atomic mass is 15.2. The Labute approximate surface area is 154 Å². The lowest BCUT2D eigenvalue weighted by atomic mass is 10.3. The summed E-state index contributed by atoms with van der Waals surface area (Å²) in [4.78, 5) is 19.8. The molecule has 0 aliphatic carbocycles. The fraction of sp³-hybridized carbons (Fsp3) is 0.368. The van der Waals surface area contributed by atoms with Gasteiger partial charge in [0.2, 0.25) is 5.95 Å². The fourth-order valence-electron chi connectivity index (χ4n) is 2.70. The Balaban J connectivity index is 1.50. The van der Waals surface area contributed by atoms with Gasteiger partial charge >= 0.3 is 0 Å². The van der Waals surface area contributed by atoms with Crippen LogP contribution >= 0.6 is 0 Å². The maximum Gasteiger partial charge on any atom is 0.237 e. The predicted octanol–water partition coefficient (Wildman–Crippen LogP) is 2.29. The van der Waals surface area contributed by atoms with Crippen molar-refractivity contribution >= 4 is 5.82 Å². The van der Waals surface area contributed by atoms with Crippen molar-refractivity contribution in [3.05, 3.63) is 60.1 Å². The van der Waals surface area contributed by atoms with Crippen LogP contribution < -0.4 is 10.2 Å². The van der Waals surface area contributed by atoms with E-state index in [9.17, 15) is 0 Å². The molecule has 0 amide bonds. The first kappa shape index (κ1) is 18.0. The maximum atomic E-state index is 4.64. The average molecular weight is 351 g/mol. The third-order valence-electron chi connectivity index (χ3n) is 4.05. The van der Waals surface area contributed by atoms with Gasteiger partial charge in [0.1, 0.15) is 12.1 Å². The molecule has 0 atom stereocenters. The Morgan fingerprint density at radius 1 is 1.12 bits per heavy atom. The summed E-state index contributed by atoms with van der Waals surface area (Å²) in [6.07, 6.45) is 6.30. The summed E-state index contributed by atoms with van der Waals surface area (Å²) in [5, 5.41) is 3.45. The van der Waals surface area contributed by atoms with E-state index in [1.54, 1.807) is 12.5 Å². The summed E-state index contributed by atoms with van der Waals surface area (Å²) in [5.41, 5.74) is 3.07. The molecule has 7 nitrogen and oxygen atoms in total. The van der Waals surface area contributed by atoms with Crippen LogP contribution in [-0.4, -0.2) is 44.6 Å². The van der Waals surface area contributed by atoms with Crippen molar-refractivity contribution in [2.45, 2.75) is 26.8 Å². The van der Waals surface area contributed by atoms with Gasteiger partial charge in [0.15, 0.2) is 0 Å². The first-order valence-corrected chi connectivity index (χ1v) is 8.80. The van der Waals surface area contributed by atoms with Crippen LogP contribution in [0.5, 0.6) is 0 Å². The Morgan fingerprint density at radius 2 is 2.00 bits per heavy atom. The number of nitrogens with zero attached hydrogens (tertiary/aromatic N) is 6. The van der Waals surface area contributed by atoms with Crippen molar-refractivity contribution < 1.29 is 0 Å². The molecule has 3 aromatic heterocycles. The zero-order valence-corrected chi connectivity index (χ0v) is 15.6. The highest BCUT2D eigenvalue weighted by Crippen LogP contribution is 2.13. The largest absolute Gasteiger partial charge is 0.359 e. The van der Waals surface area contributed by atoms with Crippen molar-refractivity contribution in [3.8, 4) is 5.95 Å². The van der Waals surface area contributed by atoms with E-state index in [-0.39, 0.29) is 0 Å². The second-order valence-corrected chi connectivity index (χ2v) is 6.36. The topological polar surface area (TPSA) is 71.8 Å². The number of aromatic nitrogens is 5. The highest BCUT2D eigenvalue weighted by molar-refractivity contribution is 5.41. The van der Waals surface area contributed by atoms with Crippen LogP contribution in [0.25, 0.3) is 5.95 Å². The van der Waals surface area contributed by atoms with Crippen LogP contribution in [0.1, 0.15) is 23.5 Å². The molecule has 0 spiro atoms. The molecule has 7 heteroatoms. The van der Waals surface area contributed by atoms with Crippen molar-refractivity contribution in [1.82, 2.24) is 29.8 Å². The molecular formula is C19H25N7. The highest BCUT2D eigenvalue weighted by Gasteiger charge is 2.08. The van der Waals surface area contributed by atoms with Gasteiger partial charge in [0.25, 0.3) is 0 Å². The average Bonchev–Trinajstić information content (AvgIpc) is 3.15. The molecule has 3 heterocycles. The standard InChI is InChI=1S/C19H25N7/c1-15-6-4-7-17(22-15)13-20-8-5-10-25(3)18-12-16(2)23-19(24-18)26-11-9-21-14-26/h4,6-7,9,11-12,14,20H,5,8,10,13H2,1-3H3. The van der Waals surface area contributed by atoms with Crippen LogP contribution in [0.15, 0.2) is 43.0 Å². The molecule has 0 radical (unpaired) electrons. The SMILES string of the molecule is Cc1cccc(CNCCCN(C)c2cc(C)nc(-n3ccnc3)n2)n1. The molecule has 26 heavy (non-hydrogen) atoms. The number of imidazole rings is 1. The van der Waals surface area contributed by atoms with Gasteiger partial charge in [-0.2, -0.15) is 4.98 Å². The van der Waals surface area contributed by atoms with Crippen LogP contribution in [0, 0.1) is 13.8 Å². The Bertz CT molecular complexity index is 830. The summed E-state index contributed by atoms with van der Waals surface area (Å²) in [7, 11) is 2.06. The van der Waals surface area contributed by atoms with E-state index in [0.717, 1.165) is 49.0 Å².